The van der Waals surface area contributed by atoms with Crippen LogP contribution in [0.2, 0.25) is 5.02 Å². The van der Waals surface area contributed by atoms with Gasteiger partial charge in [-0.3, -0.25) is 4.79 Å². The summed E-state index contributed by atoms with van der Waals surface area (Å²) in [6.07, 6.45) is 3.49. The average Bonchev–Trinajstić information content (AvgIpc) is 3.20. The van der Waals surface area contributed by atoms with Crippen molar-refractivity contribution >= 4 is 34.6 Å². The Morgan fingerprint density at radius 1 is 1.00 bits per heavy atom. The predicted octanol–water partition coefficient (Wildman–Crippen LogP) is 4.82. The van der Waals surface area contributed by atoms with Gasteiger partial charge in [0.05, 0.1) is 6.57 Å². The molecule has 0 saturated carbocycles. The lowest BCUT2D eigenvalue weighted by Crippen LogP contribution is -2.46. The number of carbonyl (C=O) groups excluding carboxylic acids is 1. The monoisotopic (exact) mass is 477 g/mol. The molecule has 34 heavy (non-hydrogen) atoms. The molecule has 2 aromatic rings. The zero-order chi connectivity index (χ0) is 23.7. The van der Waals surface area contributed by atoms with Gasteiger partial charge in [-0.15, -0.1) is 0 Å². The van der Waals surface area contributed by atoms with Crippen molar-refractivity contribution in [1.82, 2.24) is 10.2 Å². The summed E-state index contributed by atoms with van der Waals surface area (Å²) in [5.41, 5.74) is 3.92. The van der Waals surface area contributed by atoms with Gasteiger partial charge < -0.3 is 20.0 Å². The van der Waals surface area contributed by atoms with Gasteiger partial charge in [-0.05, 0) is 68.0 Å². The fraction of sp³-hybridized carbons (Fsp3) is 0.481. The third-order valence-corrected chi connectivity index (χ3v) is 8.53. The van der Waals surface area contributed by atoms with E-state index in [-0.39, 0.29) is 5.91 Å². The van der Waals surface area contributed by atoms with E-state index in [1.807, 2.05) is 35.2 Å². The van der Waals surface area contributed by atoms with Gasteiger partial charge >= 0.3 is 0 Å². The van der Waals surface area contributed by atoms with E-state index in [0.29, 0.717) is 22.2 Å². The minimum absolute atomic E-state index is 0.134. The standard InChI is InChI=1S/C27H32ClN5O/c1-20-27(11-16-33(20)23-7-8-25(29-2)24(28)19-23)9-14-31(15-10-27)22-5-3-21(4-6-22)26(34)32-17-12-30-13-18-32/h3-8,19-20,30H,9-18H2,1H3. The van der Waals surface area contributed by atoms with Crippen molar-refractivity contribution in [1.29, 1.82) is 0 Å². The number of nitrogens with one attached hydrogen (secondary N) is 1. The van der Waals surface area contributed by atoms with Crippen LogP contribution >= 0.6 is 11.6 Å². The van der Waals surface area contributed by atoms with Crippen molar-refractivity contribution in [3.8, 4) is 0 Å². The van der Waals surface area contributed by atoms with Crippen LogP contribution < -0.4 is 15.1 Å². The lowest BCUT2D eigenvalue weighted by Gasteiger charge is -2.44. The van der Waals surface area contributed by atoms with E-state index in [2.05, 4.69) is 39.0 Å². The zero-order valence-electron chi connectivity index (χ0n) is 19.8. The van der Waals surface area contributed by atoms with Crippen molar-refractivity contribution in [3.63, 3.8) is 0 Å². The largest absolute Gasteiger partial charge is 0.371 e. The maximum atomic E-state index is 12.8. The van der Waals surface area contributed by atoms with Gasteiger partial charge in [-0.25, -0.2) is 4.85 Å². The van der Waals surface area contributed by atoms with Crippen LogP contribution in [-0.2, 0) is 0 Å². The fourth-order valence-electron chi connectivity index (χ4n) is 5.94. The van der Waals surface area contributed by atoms with Crippen LogP contribution in [0.4, 0.5) is 17.1 Å². The average molecular weight is 478 g/mol. The molecule has 0 bridgehead atoms. The van der Waals surface area contributed by atoms with Crippen LogP contribution in [0.3, 0.4) is 0 Å². The number of piperidine rings is 1. The minimum atomic E-state index is 0.134. The van der Waals surface area contributed by atoms with Gasteiger partial charge in [0.1, 0.15) is 0 Å². The second-order valence-electron chi connectivity index (χ2n) is 9.81. The third kappa shape index (κ3) is 4.23. The summed E-state index contributed by atoms with van der Waals surface area (Å²) in [5, 5.41) is 3.83. The molecular formula is C27H32ClN5O. The first-order chi connectivity index (χ1) is 16.5. The van der Waals surface area contributed by atoms with E-state index in [9.17, 15) is 4.79 Å². The Balaban J connectivity index is 1.22. The van der Waals surface area contributed by atoms with Crippen LogP contribution in [0.15, 0.2) is 42.5 Å². The second kappa shape index (κ2) is 9.48. The van der Waals surface area contributed by atoms with E-state index in [4.69, 9.17) is 18.2 Å². The molecule has 2 aromatic carbocycles. The van der Waals surface area contributed by atoms with Crippen molar-refractivity contribution in [2.75, 3.05) is 55.6 Å². The molecule has 3 saturated heterocycles. The van der Waals surface area contributed by atoms with Crippen LogP contribution in [0, 0.1) is 12.0 Å². The molecule has 0 radical (unpaired) electrons. The Kier molecular flexibility index (Phi) is 6.42. The molecule has 0 aromatic heterocycles. The predicted molar refractivity (Wildman–Crippen MR) is 138 cm³/mol. The molecule has 1 amide bonds. The highest BCUT2D eigenvalue weighted by atomic mass is 35.5. The highest BCUT2D eigenvalue weighted by Crippen LogP contribution is 2.48. The van der Waals surface area contributed by atoms with Crippen LogP contribution in [-0.4, -0.2) is 62.7 Å². The maximum Gasteiger partial charge on any atom is 0.253 e. The van der Waals surface area contributed by atoms with E-state index in [1.54, 1.807) is 0 Å². The zero-order valence-corrected chi connectivity index (χ0v) is 20.5. The van der Waals surface area contributed by atoms with E-state index in [1.165, 1.54) is 12.1 Å². The molecule has 0 aliphatic carbocycles. The molecule has 3 heterocycles. The van der Waals surface area contributed by atoms with Gasteiger partial charge in [0, 0.05) is 73.8 Å². The summed E-state index contributed by atoms with van der Waals surface area (Å²) >= 11 is 6.32. The van der Waals surface area contributed by atoms with Gasteiger partial charge in [0.2, 0.25) is 5.69 Å². The summed E-state index contributed by atoms with van der Waals surface area (Å²) in [6.45, 7) is 16.0. The van der Waals surface area contributed by atoms with Crippen molar-refractivity contribution in [2.45, 2.75) is 32.2 Å². The number of nitrogens with zero attached hydrogens (tertiary/aromatic N) is 4. The lowest BCUT2D eigenvalue weighted by atomic mass is 9.73. The number of anilines is 2. The van der Waals surface area contributed by atoms with Crippen LogP contribution in [0.5, 0.6) is 0 Å². The molecule has 3 fully saturated rings. The lowest BCUT2D eigenvalue weighted by molar-refractivity contribution is 0.0736. The Morgan fingerprint density at radius 2 is 1.65 bits per heavy atom. The highest BCUT2D eigenvalue weighted by Gasteiger charge is 2.46. The molecule has 1 atom stereocenters. The van der Waals surface area contributed by atoms with Crippen molar-refractivity contribution in [2.24, 2.45) is 5.41 Å². The van der Waals surface area contributed by atoms with Gasteiger partial charge in [0.25, 0.3) is 5.91 Å². The Labute approximate surface area is 207 Å². The first-order valence-electron chi connectivity index (χ1n) is 12.3. The first kappa shape index (κ1) is 23.0. The highest BCUT2D eigenvalue weighted by molar-refractivity contribution is 6.33. The number of piperazine rings is 1. The van der Waals surface area contributed by atoms with Gasteiger partial charge in [0.15, 0.2) is 0 Å². The molecule has 5 rings (SSSR count). The van der Waals surface area contributed by atoms with Gasteiger partial charge in [-0.2, -0.15) is 0 Å². The number of rotatable bonds is 3. The molecule has 3 aliphatic rings. The molecule has 1 unspecified atom stereocenters. The van der Waals surface area contributed by atoms with E-state index < -0.39 is 0 Å². The summed E-state index contributed by atoms with van der Waals surface area (Å²) < 4.78 is 0. The molecule has 1 N–H and O–H groups in total. The van der Waals surface area contributed by atoms with Crippen molar-refractivity contribution < 1.29 is 4.79 Å². The minimum Gasteiger partial charge on any atom is -0.371 e. The topological polar surface area (TPSA) is 43.2 Å². The SMILES string of the molecule is [C-]#[N+]c1ccc(N2CCC3(CCN(c4ccc(C(=O)N5CCNCC5)cc4)CC3)C2C)cc1Cl. The molecule has 7 heteroatoms. The summed E-state index contributed by atoms with van der Waals surface area (Å²) in [4.78, 5) is 23.1. The fourth-order valence-corrected chi connectivity index (χ4v) is 6.15. The third-order valence-electron chi connectivity index (χ3n) is 8.23. The first-order valence-corrected chi connectivity index (χ1v) is 12.7. The molecule has 6 nitrogen and oxygen atoms in total. The number of benzene rings is 2. The smallest absolute Gasteiger partial charge is 0.253 e. The molecule has 1 spiro atoms. The Hall–Kier alpha value is -2.75. The number of hydrogen-bond acceptors (Lipinski definition) is 4. The molecule has 3 aliphatic heterocycles. The Bertz CT molecular complexity index is 1080. The van der Waals surface area contributed by atoms with Crippen LogP contribution in [0.1, 0.15) is 36.5 Å². The van der Waals surface area contributed by atoms with E-state index in [0.717, 1.165) is 69.9 Å². The normalized spacial score (nSPS) is 22.1. The van der Waals surface area contributed by atoms with Gasteiger partial charge in [-0.1, -0.05) is 17.7 Å². The summed E-state index contributed by atoms with van der Waals surface area (Å²) in [7, 11) is 0. The van der Waals surface area contributed by atoms with Crippen molar-refractivity contribution in [3.05, 3.63) is 64.5 Å². The maximum absolute atomic E-state index is 12.8. The number of hydrogen-bond donors (Lipinski definition) is 1. The quantitative estimate of drug-likeness (QED) is 0.643. The number of amides is 1. The number of carbonyl (C=O) groups is 1. The van der Waals surface area contributed by atoms with E-state index >= 15 is 0 Å². The molecular weight excluding hydrogens is 446 g/mol. The summed E-state index contributed by atoms with van der Waals surface area (Å²) in [5.74, 6) is 0.134. The summed E-state index contributed by atoms with van der Waals surface area (Å²) in [6, 6.07) is 14.4. The number of halogens is 1. The van der Waals surface area contributed by atoms with Crippen LogP contribution in [0.25, 0.3) is 4.85 Å². The molecule has 178 valence electrons. The Morgan fingerprint density at radius 3 is 2.29 bits per heavy atom. The second-order valence-corrected chi connectivity index (χ2v) is 10.2.